The third-order valence-electron chi connectivity index (χ3n) is 5.31. The van der Waals surface area contributed by atoms with E-state index in [1.165, 1.54) is 7.11 Å². The fourth-order valence-corrected chi connectivity index (χ4v) is 3.92. The van der Waals surface area contributed by atoms with Crippen molar-refractivity contribution < 1.29 is 23.5 Å². The Morgan fingerprint density at radius 3 is 2.79 bits per heavy atom. The lowest BCUT2D eigenvalue weighted by Crippen LogP contribution is -2.36. The number of rotatable bonds is 4. The van der Waals surface area contributed by atoms with Crippen LogP contribution in [0.15, 0.2) is 40.8 Å². The van der Waals surface area contributed by atoms with Gasteiger partial charge in [0.25, 0.3) is 5.91 Å². The van der Waals surface area contributed by atoms with Crippen LogP contribution >= 0.6 is 0 Å². The van der Waals surface area contributed by atoms with E-state index in [1.807, 2.05) is 38.1 Å². The predicted molar refractivity (Wildman–Crippen MR) is 110 cm³/mol. The molecule has 1 amide bonds. The van der Waals surface area contributed by atoms with Crippen molar-refractivity contribution in [2.24, 2.45) is 0 Å². The van der Waals surface area contributed by atoms with Gasteiger partial charge in [-0.3, -0.25) is 4.79 Å². The summed E-state index contributed by atoms with van der Waals surface area (Å²) in [6.45, 7) is 4.95. The third kappa shape index (κ3) is 3.24. The quantitative estimate of drug-likeness (QED) is 0.610. The predicted octanol–water partition coefficient (Wildman–Crippen LogP) is 4.52. The molecule has 0 saturated heterocycles. The van der Waals surface area contributed by atoms with Gasteiger partial charge in [-0.2, -0.15) is 0 Å². The van der Waals surface area contributed by atoms with Gasteiger partial charge in [-0.25, -0.2) is 4.79 Å². The molecule has 1 aliphatic heterocycles. The highest BCUT2D eigenvalue weighted by atomic mass is 16.5. The highest BCUT2D eigenvalue weighted by Crippen LogP contribution is 2.34. The van der Waals surface area contributed by atoms with E-state index in [2.05, 4.69) is 0 Å². The second-order valence-corrected chi connectivity index (χ2v) is 7.00. The van der Waals surface area contributed by atoms with Crippen molar-refractivity contribution in [1.82, 2.24) is 0 Å². The van der Waals surface area contributed by atoms with E-state index >= 15 is 0 Å². The van der Waals surface area contributed by atoms with Crippen molar-refractivity contribution in [3.05, 3.63) is 58.8 Å². The first kappa shape index (κ1) is 19.1. The first-order valence-electron chi connectivity index (χ1n) is 9.73. The number of nitrogens with zero attached hydrogens (tertiary/aromatic N) is 1. The van der Waals surface area contributed by atoms with Crippen LogP contribution in [0.25, 0.3) is 11.0 Å². The Hall–Kier alpha value is -3.28. The molecule has 150 valence electrons. The first-order chi connectivity index (χ1) is 14.0. The van der Waals surface area contributed by atoms with Crippen LogP contribution in [-0.2, 0) is 11.2 Å². The summed E-state index contributed by atoms with van der Waals surface area (Å²) in [6, 6.07) is 10.9. The summed E-state index contributed by atoms with van der Waals surface area (Å²) in [5, 5.41) is 0.861. The van der Waals surface area contributed by atoms with Gasteiger partial charge in [0.2, 0.25) is 0 Å². The van der Waals surface area contributed by atoms with E-state index in [-0.39, 0.29) is 11.9 Å². The molecule has 0 saturated carbocycles. The SMILES string of the molecule is CCOc1ccc2oc(C(=O)N3CCCc4c(C(=O)OC)cccc43)c(C)c2c1. The van der Waals surface area contributed by atoms with Crippen molar-refractivity contribution in [2.45, 2.75) is 26.7 Å². The van der Waals surface area contributed by atoms with Crippen LogP contribution in [0.1, 0.15) is 45.4 Å². The molecule has 6 heteroatoms. The van der Waals surface area contributed by atoms with Gasteiger partial charge < -0.3 is 18.8 Å². The number of hydrogen-bond acceptors (Lipinski definition) is 5. The van der Waals surface area contributed by atoms with E-state index in [0.717, 1.165) is 40.8 Å². The molecular formula is C23H23NO5. The number of ether oxygens (including phenoxy) is 2. The lowest BCUT2D eigenvalue weighted by molar-refractivity contribution is 0.0599. The second kappa shape index (κ2) is 7.62. The molecule has 6 nitrogen and oxygen atoms in total. The Kier molecular flexibility index (Phi) is 5.01. The number of carbonyl (C=O) groups is 2. The molecule has 0 radical (unpaired) electrons. The molecule has 0 spiro atoms. The minimum Gasteiger partial charge on any atom is -0.494 e. The van der Waals surface area contributed by atoms with Gasteiger partial charge in [-0.05, 0) is 62.6 Å². The van der Waals surface area contributed by atoms with Gasteiger partial charge in [0.15, 0.2) is 5.76 Å². The number of fused-ring (bicyclic) bond motifs is 2. The van der Waals surface area contributed by atoms with E-state index in [9.17, 15) is 9.59 Å². The highest BCUT2D eigenvalue weighted by molar-refractivity contribution is 6.09. The Balaban J connectivity index is 1.75. The van der Waals surface area contributed by atoms with Crippen LogP contribution in [0.4, 0.5) is 5.69 Å². The molecule has 0 bridgehead atoms. The van der Waals surface area contributed by atoms with Crippen molar-refractivity contribution in [2.75, 3.05) is 25.2 Å². The van der Waals surface area contributed by atoms with Gasteiger partial charge in [0, 0.05) is 23.2 Å². The molecule has 0 aliphatic carbocycles. The highest BCUT2D eigenvalue weighted by Gasteiger charge is 2.30. The van der Waals surface area contributed by atoms with E-state index < -0.39 is 0 Å². The Bertz CT molecular complexity index is 1100. The van der Waals surface area contributed by atoms with Gasteiger partial charge in [-0.1, -0.05) is 6.07 Å². The average molecular weight is 393 g/mol. The maximum Gasteiger partial charge on any atom is 0.338 e. The van der Waals surface area contributed by atoms with Gasteiger partial charge in [0.05, 0.1) is 19.3 Å². The average Bonchev–Trinajstić information content (AvgIpc) is 3.08. The molecule has 0 atom stereocenters. The van der Waals surface area contributed by atoms with Crippen LogP contribution < -0.4 is 9.64 Å². The number of aryl methyl sites for hydroxylation is 1. The molecule has 29 heavy (non-hydrogen) atoms. The zero-order chi connectivity index (χ0) is 20.5. The van der Waals surface area contributed by atoms with E-state index in [0.29, 0.717) is 30.1 Å². The molecule has 0 N–H and O–H groups in total. The summed E-state index contributed by atoms with van der Waals surface area (Å²) in [7, 11) is 1.36. The summed E-state index contributed by atoms with van der Waals surface area (Å²) >= 11 is 0. The molecule has 0 fully saturated rings. The fourth-order valence-electron chi connectivity index (χ4n) is 3.92. The van der Waals surface area contributed by atoms with Crippen LogP contribution in [-0.4, -0.2) is 32.1 Å². The maximum absolute atomic E-state index is 13.4. The van der Waals surface area contributed by atoms with Gasteiger partial charge >= 0.3 is 5.97 Å². The largest absolute Gasteiger partial charge is 0.494 e. The van der Waals surface area contributed by atoms with Crippen molar-refractivity contribution >= 4 is 28.5 Å². The smallest absolute Gasteiger partial charge is 0.338 e. The standard InChI is InChI=1S/C23H23NO5/c1-4-28-15-10-11-20-18(13-15)14(2)21(29-20)22(25)24-12-6-8-16-17(23(26)27-3)7-5-9-19(16)24/h5,7,9-11,13H,4,6,8,12H2,1-3H3. The summed E-state index contributed by atoms with van der Waals surface area (Å²) in [5.74, 6) is 0.457. The first-order valence-corrected chi connectivity index (χ1v) is 9.73. The Morgan fingerprint density at radius 2 is 2.03 bits per heavy atom. The topological polar surface area (TPSA) is 69.0 Å². The van der Waals surface area contributed by atoms with Crippen molar-refractivity contribution in [3.8, 4) is 5.75 Å². The molecule has 1 aliphatic rings. The number of amides is 1. The van der Waals surface area contributed by atoms with Crippen LogP contribution in [0.5, 0.6) is 5.75 Å². The number of benzene rings is 2. The number of hydrogen-bond donors (Lipinski definition) is 0. The normalized spacial score (nSPS) is 13.3. The molecule has 2 aromatic carbocycles. The minimum atomic E-state index is -0.389. The molecule has 0 unspecified atom stereocenters. The number of anilines is 1. The summed E-state index contributed by atoms with van der Waals surface area (Å²) in [4.78, 5) is 27.2. The maximum atomic E-state index is 13.4. The zero-order valence-corrected chi connectivity index (χ0v) is 16.8. The summed E-state index contributed by atoms with van der Waals surface area (Å²) < 4.78 is 16.4. The van der Waals surface area contributed by atoms with E-state index in [4.69, 9.17) is 13.9 Å². The lowest BCUT2D eigenvalue weighted by atomic mass is 9.96. The Morgan fingerprint density at radius 1 is 1.21 bits per heavy atom. The van der Waals surface area contributed by atoms with Crippen LogP contribution in [0.2, 0.25) is 0 Å². The lowest BCUT2D eigenvalue weighted by Gasteiger charge is -2.30. The van der Waals surface area contributed by atoms with Crippen LogP contribution in [0.3, 0.4) is 0 Å². The molecule has 1 aromatic heterocycles. The Labute approximate surface area is 169 Å². The number of methoxy groups -OCH3 is 1. The minimum absolute atomic E-state index is 0.209. The molecule has 2 heterocycles. The van der Waals surface area contributed by atoms with Gasteiger partial charge in [-0.15, -0.1) is 0 Å². The second-order valence-electron chi connectivity index (χ2n) is 7.00. The molecular weight excluding hydrogens is 370 g/mol. The number of esters is 1. The third-order valence-corrected chi connectivity index (χ3v) is 5.31. The fraction of sp³-hybridized carbons (Fsp3) is 0.304. The van der Waals surface area contributed by atoms with E-state index in [1.54, 1.807) is 17.0 Å². The van der Waals surface area contributed by atoms with Gasteiger partial charge in [0.1, 0.15) is 11.3 Å². The molecule has 3 aromatic rings. The van der Waals surface area contributed by atoms with Crippen molar-refractivity contribution in [1.29, 1.82) is 0 Å². The summed E-state index contributed by atoms with van der Waals surface area (Å²) in [5.41, 5.74) is 3.51. The monoisotopic (exact) mass is 393 g/mol. The zero-order valence-electron chi connectivity index (χ0n) is 16.8. The van der Waals surface area contributed by atoms with Crippen molar-refractivity contribution in [3.63, 3.8) is 0 Å². The number of furan rings is 1. The number of carbonyl (C=O) groups excluding carboxylic acids is 2. The molecule has 4 rings (SSSR count). The summed E-state index contributed by atoms with van der Waals surface area (Å²) in [6.07, 6.45) is 1.49. The van der Waals surface area contributed by atoms with Crippen LogP contribution in [0, 0.1) is 6.92 Å².